The van der Waals surface area contributed by atoms with E-state index in [2.05, 4.69) is 0 Å². The van der Waals surface area contributed by atoms with Crippen molar-refractivity contribution in [2.24, 2.45) is 23.7 Å². The summed E-state index contributed by atoms with van der Waals surface area (Å²) in [6.07, 6.45) is 0. The fraction of sp³-hybridized carbons (Fsp3) is 0.750. The fourth-order valence-corrected chi connectivity index (χ4v) is 0. The molecule has 0 rings (SSSR count). The Kier molecular flexibility index (Phi) is 28.6. The number of carboxylic acids is 4. The predicted molar refractivity (Wildman–Crippen MR) is 92.0 cm³/mol. The Morgan fingerprint density at radius 1 is 0.480 bits per heavy atom. The third-order valence-corrected chi connectivity index (χ3v) is 1.98. The van der Waals surface area contributed by atoms with E-state index < -0.39 is 23.9 Å². The second kappa shape index (κ2) is 20.5. The molecule has 0 aromatic heterocycles. The van der Waals surface area contributed by atoms with Crippen LogP contribution in [-0.4, -0.2) is 44.3 Å². The molecule has 0 amide bonds. The van der Waals surface area contributed by atoms with Crippen molar-refractivity contribution >= 4 is 23.9 Å². The van der Waals surface area contributed by atoms with Gasteiger partial charge in [0.15, 0.2) is 0 Å². The molecule has 9 heteroatoms. The minimum Gasteiger partial charge on any atom is -0.481 e. The van der Waals surface area contributed by atoms with Crippen LogP contribution in [-0.2, 0) is 38.7 Å². The third-order valence-electron chi connectivity index (χ3n) is 1.98. The van der Waals surface area contributed by atoms with Crippen LogP contribution in [0.25, 0.3) is 0 Å². The zero-order valence-corrected chi connectivity index (χ0v) is 19.4. The number of rotatable bonds is 4. The van der Waals surface area contributed by atoms with Gasteiger partial charge in [0, 0.05) is 20.9 Å². The van der Waals surface area contributed by atoms with Crippen molar-refractivity contribution in [1.29, 1.82) is 0 Å². The van der Waals surface area contributed by atoms with Crippen molar-refractivity contribution < 1.29 is 60.5 Å². The Bertz CT molecular complexity index is 310. The molecule has 0 heterocycles. The molecule has 0 saturated heterocycles. The third kappa shape index (κ3) is 45.0. The van der Waals surface area contributed by atoms with Crippen LogP contribution in [0.1, 0.15) is 56.8 Å². The first kappa shape index (κ1) is 34.8. The van der Waals surface area contributed by atoms with E-state index in [1.54, 1.807) is 55.4 Å². The molecule has 0 radical (unpaired) electrons. The van der Waals surface area contributed by atoms with Gasteiger partial charge in [-0.1, -0.05) is 55.4 Å². The Morgan fingerprint density at radius 3 is 0.520 bits per heavy atom. The fourth-order valence-electron chi connectivity index (χ4n) is 0. The molecule has 0 aliphatic rings. The van der Waals surface area contributed by atoms with E-state index in [9.17, 15) is 19.2 Å². The minimum atomic E-state index is -0.741. The molecule has 0 aliphatic heterocycles. The van der Waals surface area contributed by atoms with Crippen LogP contribution in [0.5, 0.6) is 0 Å². The van der Waals surface area contributed by atoms with Gasteiger partial charge in [0.1, 0.15) is 0 Å². The van der Waals surface area contributed by atoms with Crippen molar-refractivity contribution in [3.8, 4) is 0 Å². The van der Waals surface area contributed by atoms with E-state index in [-0.39, 0.29) is 44.6 Å². The van der Waals surface area contributed by atoms with Crippen LogP contribution in [0.4, 0.5) is 0 Å². The smallest absolute Gasteiger partial charge is 0.305 e. The number of hydrogen-bond donors (Lipinski definition) is 4. The van der Waals surface area contributed by atoms with Crippen LogP contribution in [0.2, 0.25) is 0 Å². The first-order valence-electron chi connectivity index (χ1n) is 7.48. The second-order valence-corrected chi connectivity index (χ2v) is 5.97. The number of aliphatic carboxylic acids is 4. The molecule has 0 aromatic carbocycles. The monoisotopic (exact) mass is 418 g/mol. The summed E-state index contributed by atoms with van der Waals surface area (Å²) >= 11 is 0. The van der Waals surface area contributed by atoms with Crippen molar-refractivity contribution in [2.45, 2.75) is 55.4 Å². The van der Waals surface area contributed by atoms with Gasteiger partial charge in [0.2, 0.25) is 0 Å². The van der Waals surface area contributed by atoms with Gasteiger partial charge in [-0.15, -0.1) is 0 Å². The summed E-state index contributed by atoms with van der Waals surface area (Å²) in [6, 6.07) is 0. The summed E-state index contributed by atoms with van der Waals surface area (Å²) in [5.74, 6) is -3.89. The quantitative estimate of drug-likeness (QED) is 0.507. The van der Waals surface area contributed by atoms with Crippen LogP contribution in [0.3, 0.4) is 0 Å². The summed E-state index contributed by atoms with van der Waals surface area (Å²) in [6.45, 7) is 13.1. The van der Waals surface area contributed by atoms with E-state index in [0.29, 0.717) is 0 Å². The van der Waals surface area contributed by atoms with Gasteiger partial charge in [0.05, 0.1) is 23.7 Å². The minimum absolute atomic E-state index is 0. The summed E-state index contributed by atoms with van der Waals surface area (Å²) < 4.78 is 0. The SMILES string of the molecule is CC(C)C(=O)O.CC(C)C(=O)O.CC(C)C(=O)O.CC(C)C(=O)O.[HH].[Zn]. The summed E-state index contributed by atoms with van der Waals surface area (Å²) in [4.78, 5) is 38.8. The van der Waals surface area contributed by atoms with Crippen molar-refractivity contribution in [3.05, 3.63) is 0 Å². The molecular formula is C16H34O8Zn. The van der Waals surface area contributed by atoms with E-state index in [0.717, 1.165) is 0 Å². The van der Waals surface area contributed by atoms with E-state index in [1.807, 2.05) is 0 Å². The first-order valence-corrected chi connectivity index (χ1v) is 7.48. The van der Waals surface area contributed by atoms with Crippen molar-refractivity contribution in [2.75, 3.05) is 0 Å². The van der Waals surface area contributed by atoms with E-state index >= 15 is 0 Å². The molecule has 0 unspecified atom stereocenters. The van der Waals surface area contributed by atoms with Gasteiger partial charge in [-0.05, 0) is 0 Å². The zero-order chi connectivity index (χ0) is 20.6. The van der Waals surface area contributed by atoms with Crippen molar-refractivity contribution in [1.82, 2.24) is 0 Å². The maximum atomic E-state index is 9.70. The molecule has 8 nitrogen and oxygen atoms in total. The number of carboxylic acid groups (broad SMARTS) is 4. The van der Waals surface area contributed by atoms with Gasteiger partial charge in [0.25, 0.3) is 0 Å². The summed E-state index contributed by atoms with van der Waals surface area (Å²) in [5.41, 5.74) is 0. The first-order chi connectivity index (χ1) is 10.6. The van der Waals surface area contributed by atoms with Gasteiger partial charge < -0.3 is 20.4 Å². The van der Waals surface area contributed by atoms with E-state index in [1.165, 1.54) is 0 Å². The normalized spacial score (nSPS) is 8.80. The maximum Gasteiger partial charge on any atom is 0.305 e. The molecule has 0 aliphatic carbocycles. The van der Waals surface area contributed by atoms with Gasteiger partial charge in [-0.3, -0.25) is 19.2 Å². The average Bonchev–Trinajstić information content (AvgIpc) is 2.40. The van der Waals surface area contributed by atoms with Gasteiger partial charge >= 0.3 is 23.9 Å². The average molecular weight is 420 g/mol. The largest absolute Gasteiger partial charge is 0.481 e. The molecule has 0 saturated carbocycles. The predicted octanol–water partition coefficient (Wildman–Crippen LogP) is 3.15. The van der Waals surface area contributed by atoms with Crippen LogP contribution in [0.15, 0.2) is 0 Å². The maximum absolute atomic E-state index is 9.70. The molecular weight excluding hydrogens is 386 g/mol. The molecule has 148 valence electrons. The molecule has 0 fully saturated rings. The second-order valence-electron chi connectivity index (χ2n) is 5.97. The molecule has 4 N–H and O–H groups in total. The Balaban J connectivity index is -0.0000000500. The van der Waals surface area contributed by atoms with Crippen LogP contribution < -0.4 is 0 Å². The molecule has 0 spiro atoms. The zero-order valence-electron chi connectivity index (χ0n) is 16.4. The molecule has 0 aromatic rings. The topological polar surface area (TPSA) is 149 Å². The molecule has 0 atom stereocenters. The number of carbonyl (C=O) groups is 4. The van der Waals surface area contributed by atoms with Crippen LogP contribution in [0, 0.1) is 23.7 Å². The molecule has 0 bridgehead atoms. The van der Waals surface area contributed by atoms with Gasteiger partial charge in [-0.2, -0.15) is 0 Å². The Labute approximate surface area is 163 Å². The number of hydrogen-bond acceptors (Lipinski definition) is 4. The summed E-state index contributed by atoms with van der Waals surface area (Å²) in [5, 5.41) is 32.0. The standard InChI is InChI=1S/4C4H8O2.Zn.H2/c4*1-3(2)4(5)6;;/h4*3H,1-2H3,(H,5,6);;1H. The van der Waals surface area contributed by atoms with Gasteiger partial charge in [-0.25, -0.2) is 0 Å². The Morgan fingerprint density at radius 2 is 0.520 bits per heavy atom. The Hall–Kier alpha value is -1.50. The van der Waals surface area contributed by atoms with Crippen molar-refractivity contribution in [3.63, 3.8) is 0 Å². The van der Waals surface area contributed by atoms with E-state index in [4.69, 9.17) is 20.4 Å². The summed E-state index contributed by atoms with van der Waals surface area (Å²) in [7, 11) is 0. The molecule has 25 heavy (non-hydrogen) atoms. The van der Waals surface area contributed by atoms with Crippen LogP contribution >= 0.6 is 0 Å².